The predicted octanol–water partition coefficient (Wildman–Crippen LogP) is 3.98. The van der Waals surface area contributed by atoms with Crippen LogP contribution in [0.1, 0.15) is 10.4 Å². The van der Waals surface area contributed by atoms with Gasteiger partial charge in [0.1, 0.15) is 11.5 Å². The molecule has 0 bridgehead atoms. The highest BCUT2D eigenvalue weighted by molar-refractivity contribution is 6.06. The van der Waals surface area contributed by atoms with Crippen LogP contribution < -0.4 is 10.9 Å². The van der Waals surface area contributed by atoms with Crippen molar-refractivity contribution >= 4 is 22.6 Å². The van der Waals surface area contributed by atoms with E-state index in [1.807, 2.05) is 12.1 Å². The molecule has 0 aliphatic carbocycles. The maximum atomic E-state index is 13.9. The Morgan fingerprint density at radius 1 is 0.926 bits per heavy atom. The summed E-state index contributed by atoms with van der Waals surface area (Å²) in [5.74, 6) is -1.22. The molecule has 0 atom stereocenters. The minimum atomic E-state index is -0.617. The van der Waals surface area contributed by atoms with Crippen LogP contribution >= 0.6 is 0 Å². The van der Waals surface area contributed by atoms with E-state index in [1.165, 1.54) is 18.2 Å². The molecule has 5 nitrogen and oxygen atoms in total. The summed E-state index contributed by atoms with van der Waals surface area (Å²) in [6, 6.07) is 19.7. The molecule has 1 aromatic heterocycles. The number of fused-ring (bicyclic) bond motifs is 1. The van der Waals surface area contributed by atoms with E-state index in [4.69, 9.17) is 0 Å². The second-order valence-corrected chi connectivity index (χ2v) is 5.91. The van der Waals surface area contributed by atoms with Crippen molar-refractivity contribution in [2.24, 2.45) is 0 Å². The molecule has 0 aliphatic rings. The lowest BCUT2D eigenvalue weighted by molar-refractivity contribution is 0.102. The van der Waals surface area contributed by atoms with Gasteiger partial charge in [0, 0.05) is 5.56 Å². The summed E-state index contributed by atoms with van der Waals surface area (Å²) < 4.78 is 13.9. The molecule has 0 radical (unpaired) electrons. The molecule has 0 saturated carbocycles. The molecule has 1 heterocycles. The van der Waals surface area contributed by atoms with Gasteiger partial charge >= 0.3 is 0 Å². The van der Waals surface area contributed by atoms with Crippen molar-refractivity contribution in [2.75, 3.05) is 5.32 Å². The molecule has 1 amide bonds. The van der Waals surface area contributed by atoms with E-state index in [-0.39, 0.29) is 16.8 Å². The summed E-state index contributed by atoms with van der Waals surface area (Å²) in [4.78, 5) is 32.2. The average molecular weight is 359 g/mol. The van der Waals surface area contributed by atoms with Crippen LogP contribution in [0, 0.1) is 5.82 Å². The third-order valence-corrected chi connectivity index (χ3v) is 4.15. The number of carbonyl (C=O) groups is 1. The van der Waals surface area contributed by atoms with Crippen LogP contribution in [-0.4, -0.2) is 15.9 Å². The van der Waals surface area contributed by atoms with E-state index in [0.717, 1.165) is 0 Å². The van der Waals surface area contributed by atoms with Gasteiger partial charge in [0.25, 0.3) is 11.5 Å². The van der Waals surface area contributed by atoms with Gasteiger partial charge in [-0.3, -0.25) is 9.59 Å². The Bertz CT molecular complexity index is 1220. The summed E-state index contributed by atoms with van der Waals surface area (Å²) in [6.45, 7) is 0. The molecule has 27 heavy (non-hydrogen) atoms. The Hall–Kier alpha value is -3.80. The van der Waals surface area contributed by atoms with Crippen LogP contribution in [0.15, 0.2) is 77.6 Å². The summed E-state index contributed by atoms with van der Waals surface area (Å²) in [5, 5.41) is 2.67. The number of para-hydroxylation sites is 3. The summed E-state index contributed by atoms with van der Waals surface area (Å²) in [7, 11) is 0. The number of nitrogens with zero attached hydrogens (tertiary/aromatic N) is 1. The largest absolute Gasteiger partial charge is 0.321 e. The molecule has 4 aromatic rings. The van der Waals surface area contributed by atoms with E-state index in [1.54, 1.807) is 42.5 Å². The van der Waals surface area contributed by atoms with Gasteiger partial charge in [-0.2, -0.15) is 0 Å². The first kappa shape index (κ1) is 16.7. The maximum Gasteiger partial charge on any atom is 0.275 e. The number of H-pyrrole nitrogens is 1. The molecule has 2 N–H and O–H groups in total. The fourth-order valence-electron chi connectivity index (χ4n) is 2.85. The van der Waals surface area contributed by atoms with Gasteiger partial charge in [-0.05, 0) is 30.3 Å². The van der Waals surface area contributed by atoms with Crippen molar-refractivity contribution in [3.8, 4) is 11.3 Å². The summed E-state index contributed by atoms with van der Waals surface area (Å²) in [6.07, 6.45) is 0. The SMILES string of the molecule is O=C(Nc1ccccc1-c1nc2ccccc2[nH]c1=O)c1ccccc1F. The van der Waals surface area contributed by atoms with Gasteiger partial charge in [-0.1, -0.05) is 42.5 Å². The normalized spacial score (nSPS) is 10.7. The smallest absolute Gasteiger partial charge is 0.275 e. The van der Waals surface area contributed by atoms with Crippen molar-refractivity contribution in [3.05, 3.63) is 94.5 Å². The number of hydrogen-bond donors (Lipinski definition) is 2. The molecule has 6 heteroatoms. The number of carbonyl (C=O) groups excluding carboxylic acids is 1. The maximum absolute atomic E-state index is 13.9. The zero-order chi connectivity index (χ0) is 18.8. The number of rotatable bonds is 3. The Morgan fingerprint density at radius 3 is 2.48 bits per heavy atom. The number of nitrogens with one attached hydrogen (secondary N) is 2. The van der Waals surface area contributed by atoms with E-state index in [9.17, 15) is 14.0 Å². The third kappa shape index (κ3) is 3.20. The lowest BCUT2D eigenvalue weighted by Gasteiger charge is -2.11. The highest BCUT2D eigenvalue weighted by atomic mass is 19.1. The standard InChI is InChI=1S/C21H14FN3O2/c22-15-9-3-1-7-13(15)20(26)24-16-10-4-2-8-14(16)19-21(27)25-18-12-6-5-11-17(18)23-19/h1-12H,(H,24,26)(H,25,27). The average Bonchev–Trinajstić information content (AvgIpc) is 2.68. The lowest BCUT2D eigenvalue weighted by Crippen LogP contribution is -2.16. The van der Waals surface area contributed by atoms with Crippen molar-refractivity contribution in [2.45, 2.75) is 0 Å². The lowest BCUT2D eigenvalue weighted by atomic mass is 10.1. The first-order chi connectivity index (χ1) is 13.1. The van der Waals surface area contributed by atoms with Crippen molar-refractivity contribution in [1.29, 1.82) is 0 Å². The molecule has 4 rings (SSSR count). The second kappa shape index (κ2) is 6.84. The van der Waals surface area contributed by atoms with Gasteiger partial charge in [0.15, 0.2) is 0 Å². The van der Waals surface area contributed by atoms with E-state index < -0.39 is 11.7 Å². The monoisotopic (exact) mass is 359 g/mol. The number of benzene rings is 3. The number of amides is 1. The highest BCUT2D eigenvalue weighted by Gasteiger charge is 2.16. The summed E-state index contributed by atoms with van der Waals surface area (Å²) >= 11 is 0. The van der Waals surface area contributed by atoms with Crippen LogP contribution in [0.5, 0.6) is 0 Å². The molecule has 0 aliphatic heterocycles. The van der Waals surface area contributed by atoms with Crippen LogP contribution in [-0.2, 0) is 0 Å². The minimum Gasteiger partial charge on any atom is -0.321 e. The molecular formula is C21H14FN3O2. The van der Waals surface area contributed by atoms with E-state index in [2.05, 4.69) is 15.3 Å². The van der Waals surface area contributed by atoms with Gasteiger partial charge in [0.2, 0.25) is 0 Å². The molecule has 132 valence electrons. The first-order valence-electron chi connectivity index (χ1n) is 8.28. The van der Waals surface area contributed by atoms with E-state index in [0.29, 0.717) is 22.3 Å². The first-order valence-corrected chi connectivity index (χ1v) is 8.28. The topological polar surface area (TPSA) is 74.8 Å². The van der Waals surface area contributed by atoms with Crippen LogP contribution in [0.4, 0.5) is 10.1 Å². The number of anilines is 1. The number of aromatic amines is 1. The molecule has 0 unspecified atom stereocenters. The van der Waals surface area contributed by atoms with Gasteiger partial charge in [-0.15, -0.1) is 0 Å². The quantitative estimate of drug-likeness (QED) is 0.581. The Labute approximate surface area is 153 Å². The van der Waals surface area contributed by atoms with Crippen molar-refractivity contribution < 1.29 is 9.18 Å². The van der Waals surface area contributed by atoms with Crippen LogP contribution in [0.2, 0.25) is 0 Å². The Morgan fingerprint density at radius 2 is 1.63 bits per heavy atom. The van der Waals surface area contributed by atoms with Crippen LogP contribution in [0.3, 0.4) is 0 Å². The van der Waals surface area contributed by atoms with Gasteiger partial charge < -0.3 is 10.3 Å². The zero-order valence-corrected chi connectivity index (χ0v) is 14.1. The second-order valence-electron chi connectivity index (χ2n) is 5.91. The number of halogens is 1. The molecule has 0 spiro atoms. The van der Waals surface area contributed by atoms with Crippen molar-refractivity contribution in [3.63, 3.8) is 0 Å². The minimum absolute atomic E-state index is 0.0762. The number of aromatic nitrogens is 2. The molecule has 0 saturated heterocycles. The highest BCUT2D eigenvalue weighted by Crippen LogP contribution is 2.25. The Kier molecular flexibility index (Phi) is 4.22. The van der Waals surface area contributed by atoms with Gasteiger partial charge in [0.05, 0.1) is 22.3 Å². The molecule has 3 aromatic carbocycles. The van der Waals surface area contributed by atoms with Gasteiger partial charge in [-0.25, -0.2) is 9.37 Å². The van der Waals surface area contributed by atoms with Crippen molar-refractivity contribution in [1.82, 2.24) is 9.97 Å². The summed E-state index contributed by atoms with van der Waals surface area (Å²) in [5.41, 5.74) is 1.81. The molecular weight excluding hydrogens is 345 g/mol. The fraction of sp³-hybridized carbons (Fsp3) is 0. The fourth-order valence-corrected chi connectivity index (χ4v) is 2.85. The number of hydrogen-bond acceptors (Lipinski definition) is 3. The molecule has 0 fully saturated rings. The van der Waals surface area contributed by atoms with E-state index >= 15 is 0 Å². The predicted molar refractivity (Wildman–Crippen MR) is 102 cm³/mol. The zero-order valence-electron chi connectivity index (χ0n) is 14.1. The Balaban J connectivity index is 1.78. The third-order valence-electron chi connectivity index (χ3n) is 4.15. The van der Waals surface area contributed by atoms with Crippen LogP contribution in [0.25, 0.3) is 22.3 Å².